The average molecular weight is 282 g/mol. The van der Waals surface area contributed by atoms with Gasteiger partial charge in [-0.25, -0.2) is 4.79 Å². The zero-order chi connectivity index (χ0) is 15.1. The van der Waals surface area contributed by atoms with Gasteiger partial charge in [-0.1, -0.05) is 12.8 Å². The van der Waals surface area contributed by atoms with Crippen molar-refractivity contribution in [2.24, 2.45) is 5.92 Å². The first-order valence-electron chi connectivity index (χ1n) is 6.86. The van der Waals surface area contributed by atoms with Crippen LogP contribution in [0.15, 0.2) is 0 Å². The number of carbonyl (C=O) groups excluding carboxylic acids is 1. The maximum atomic E-state index is 12.5. The average Bonchev–Trinajstić information content (AvgIpc) is 2.88. The van der Waals surface area contributed by atoms with Gasteiger partial charge in [0.1, 0.15) is 5.92 Å². The zero-order valence-electron chi connectivity index (χ0n) is 12.0. The molecule has 1 aliphatic rings. The summed E-state index contributed by atoms with van der Waals surface area (Å²) in [5.74, 6) is 0.862. The highest BCUT2D eigenvalue weighted by Gasteiger charge is 2.40. The Morgan fingerprint density at radius 3 is 2.60 bits per heavy atom. The number of likely N-dealkylation sites (N-methyl/N-ethyl adjacent to an activating group) is 1. The van der Waals surface area contributed by atoms with Gasteiger partial charge in [-0.15, -0.1) is 6.42 Å². The van der Waals surface area contributed by atoms with Crippen LogP contribution in [0.5, 0.6) is 0 Å². The highest BCUT2D eigenvalue weighted by atomic mass is 16.5. The van der Waals surface area contributed by atoms with E-state index in [2.05, 4.69) is 5.92 Å². The van der Waals surface area contributed by atoms with Crippen LogP contribution in [-0.4, -0.2) is 65.8 Å². The lowest BCUT2D eigenvalue weighted by Gasteiger charge is -2.33. The van der Waals surface area contributed by atoms with Crippen molar-refractivity contribution in [2.75, 3.05) is 32.8 Å². The minimum Gasteiger partial charge on any atom is -0.481 e. The smallest absolute Gasteiger partial charge is 0.321 e. The third-order valence-electron chi connectivity index (χ3n) is 3.40. The topological polar surface area (TPSA) is 70.1 Å². The number of carboxylic acids is 1. The van der Waals surface area contributed by atoms with Gasteiger partial charge in [-0.2, -0.15) is 0 Å². The number of ether oxygens (including phenoxy) is 1. The summed E-state index contributed by atoms with van der Waals surface area (Å²) < 4.78 is 5.23. The predicted molar refractivity (Wildman–Crippen MR) is 74.2 cm³/mol. The third kappa shape index (κ3) is 3.64. The van der Waals surface area contributed by atoms with Crippen molar-refractivity contribution in [2.45, 2.75) is 26.3 Å². The molecule has 112 valence electrons. The van der Waals surface area contributed by atoms with Crippen LogP contribution in [0.1, 0.15) is 20.3 Å². The number of terminal acetylenes is 1. The molecule has 2 amide bonds. The van der Waals surface area contributed by atoms with Gasteiger partial charge >= 0.3 is 12.0 Å². The number of carbonyl (C=O) groups is 2. The van der Waals surface area contributed by atoms with Gasteiger partial charge in [0.15, 0.2) is 0 Å². The molecular formula is C14H22N2O4. The van der Waals surface area contributed by atoms with Crippen LogP contribution in [0, 0.1) is 18.3 Å². The quantitative estimate of drug-likeness (QED) is 0.734. The normalized spacial score (nSPS) is 21.2. The summed E-state index contributed by atoms with van der Waals surface area (Å²) in [6, 6.07) is -0.642. The molecule has 0 saturated carbocycles. The van der Waals surface area contributed by atoms with E-state index in [1.807, 2.05) is 13.8 Å². The maximum absolute atomic E-state index is 12.5. The second kappa shape index (κ2) is 7.75. The van der Waals surface area contributed by atoms with Crippen LogP contribution in [0.3, 0.4) is 0 Å². The van der Waals surface area contributed by atoms with Gasteiger partial charge in [0.25, 0.3) is 0 Å². The van der Waals surface area contributed by atoms with E-state index in [4.69, 9.17) is 11.2 Å². The van der Waals surface area contributed by atoms with Crippen molar-refractivity contribution < 1.29 is 19.4 Å². The summed E-state index contributed by atoms with van der Waals surface area (Å²) in [4.78, 5) is 26.9. The number of rotatable bonds is 6. The molecule has 0 bridgehead atoms. The second-order valence-electron chi connectivity index (χ2n) is 4.74. The molecule has 0 aliphatic carbocycles. The Bertz CT molecular complexity index is 391. The van der Waals surface area contributed by atoms with Crippen molar-refractivity contribution >= 4 is 12.0 Å². The summed E-state index contributed by atoms with van der Waals surface area (Å²) in [5.41, 5.74) is 0. The molecule has 0 spiro atoms. The van der Waals surface area contributed by atoms with Crippen LogP contribution < -0.4 is 0 Å². The minimum absolute atomic E-state index is 0.146. The third-order valence-corrected chi connectivity index (χ3v) is 3.40. The largest absolute Gasteiger partial charge is 0.481 e. The van der Waals surface area contributed by atoms with Crippen molar-refractivity contribution in [3.63, 3.8) is 0 Å². The van der Waals surface area contributed by atoms with E-state index in [9.17, 15) is 14.7 Å². The van der Waals surface area contributed by atoms with E-state index in [1.165, 1.54) is 0 Å². The number of aliphatic carboxylic acids is 1. The van der Waals surface area contributed by atoms with E-state index in [-0.39, 0.29) is 25.8 Å². The second-order valence-corrected chi connectivity index (χ2v) is 4.74. The molecule has 6 nitrogen and oxygen atoms in total. The van der Waals surface area contributed by atoms with Gasteiger partial charge < -0.3 is 19.6 Å². The minimum atomic E-state index is -0.933. The fourth-order valence-corrected chi connectivity index (χ4v) is 2.40. The van der Waals surface area contributed by atoms with Crippen molar-refractivity contribution in [1.29, 1.82) is 0 Å². The molecule has 1 aliphatic heterocycles. The Labute approximate surface area is 119 Å². The zero-order valence-corrected chi connectivity index (χ0v) is 12.0. The van der Waals surface area contributed by atoms with Crippen LogP contribution in [0.2, 0.25) is 0 Å². The fourth-order valence-electron chi connectivity index (χ4n) is 2.40. The summed E-state index contributed by atoms with van der Waals surface area (Å²) in [6.45, 7) is 5.42. The standard InChI is InChI=1S/C14H22N2O4/c1-4-7-15(8-5-2)14(19)16(6-3)12-10-20-9-11(12)13(17)18/h1,11-12H,5-10H2,2-3H3,(H,17,18). The Hall–Kier alpha value is -1.74. The molecule has 0 aromatic rings. The van der Waals surface area contributed by atoms with Gasteiger partial charge in [-0.3, -0.25) is 4.79 Å². The number of hydrogen-bond acceptors (Lipinski definition) is 3. The van der Waals surface area contributed by atoms with Gasteiger partial charge in [-0.05, 0) is 13.3 Å². The molecule has 1 heterocycles. The molecule has 0 radical (unpaired) electrons. The first-order chi connectivity index (χ1) is 9.56. The highest BCUT2D eigenvalue weighted by Crippen LogP contribution is 2.21. The van der Waals surface area contributed by atoms with Gasteiger partial charge in [0.2, 0.25) is 0 Å². The Morgan fingerprint density at radius 1 is 1.40 bits per heavy atom. The van der Waals surface area contributed by atoms with E-state index >= 15 is 0 Å². The Kier molecular flexibility index (Phi) is 6.32. The lowest BCUT2D eigenvalue weighted by molar-refractivity contribution is -0.142. The molecule has 6 heteroatoms. The molecule has 1 rings (SSSR count). The van der Waals surface area contributed by atoms with Crippen LogP contribution in [0.4, 0.5) is 4.79 Å². The molecule has 1 fully saturated rings. The lowest BCUT2D eigenvalue weighted by atomic mass is 10.0. The molecule has 1 N–H and O–H groups in total. The van der Waals surface area contributed by atoms with E-state index in [0.29, 0.717) is 13.1 Å². The van der Waals surface area contributed by atoms with Gasteiger partial charge in [0.05, 0.1) is 25.8 Å². The van der Waals surface area contributed by atoms with E-state index < -0.39 is 17.9 Å². The molecule has 2 unspecified atom stereocenters. The van der Waals surface area contributed by atoms with Gasteiger partial charge in [0, 0.05) is 13.1 Å². The molecule has 1 saturated heterocycles. The monoisotopic (exact) mass is 282 g/mol. The SMILES string of the molecule is C#CCN(CCC)C(=O)N(CC)C1COCC1C(=O)O. The van der Waals surface area contributed by atoms with E-state index in [1.54, 1.807) is 9.80 Å². The van der Waals surface area contributed by atoms with Crippen molar-refractivity contribution in [1.82, 2.24) is 9.80 Å². The van der Waals surface area contributed by atoms with Crippen molar-refractivity contribution in [3.05, 3.63) is 0 Å². The number of amides is 2. The lowest BCUT2D eigenvalue weighted by Crippen LogP contribution is -2.52. The van der Waals surface area contributed by atoms with Crippen LogP contribution in [-0.2, 0) is 9.53 Å². The summed E-state index contributed by atoms with van der Waals surface area (Å²) in [5, 5.41) is 9.19. The van der Waals surface area contributed by atoms with Crippen LogP contribution in [0.25, 0.3) is 0 Å². The molecule has 0 aromatic carbocycles. The first-order valence-corrected chi connectivity index (χ1v) is 6.86. The number of nitrogens with zero attached hydrogens (tertiary/aromatic N) is 2. The summed E-state index contributed by atoms with van der Waals surface area (Å²) >= 11 is 0. The fraction of sp³-hybridized carbons (Fsp3) is 0.714. The number of hydrogen-bond donors (Lipinski definition) is 1. The summed E-state index contributed by atoms with van der Waals surface area (Å²) in [7, 11) is 0. The highest BCUT2D eigenvalue weighted by molar-refractivity contribution is 5.77. The van der Waals surface area contributed by atoms with Crippen molar-refractivity contribution in [3.8, 4) is 12.3 Å². The molecule has 20 heavy (non-hydrogen) atoms. The maximum Gasteiger partial charge on any atom is 0.321 e. The number of urea groups is 1. The Morgan fingerprint density at radius 2 is 2.10 bits per heavy atom. The predicted octanol–water partition coefficient (Wildman–Crippen LogP) is 0.873. The molecule has 0 aromatic heterocycles. The molecular weight excluding hydrogens is 260 g/mol. The number of carboxylic acid groups (broad SMARTS) is 1. The first kappa shape index (κ1) is 16.3. The summed E-state index contributed by atoms with van der Waals surface area (Å²) in [6.07, 6.45) is 6.09. The molecule has 2 atom stereocenters. The van der Waals surface area contributed by atoms with E-state index in [0.717, 1.165) is 6.42 Å². The Balaban J connectivity index is 2.85. The van der Waals surface area contributed by atoms with Crippen LogP contribution >= 0.6 is 0 Å².